The van der Waals surface area contributed by atoms with Crippen LogP contribution in [0, 0.1) is 4.77 Å². The van der Waals surface area contributed by atoms with Crippen LogP contribution in [0.2, 0.25) is 0 Å². The third kappa shape index (κ3) is 3.05. The molecule has 5 heteroatoms. The molecule has 4 nitrogen and oxygen atoms in total. The molecule has 4 rings (SSSR count). The predicted molar refractivity (Wildman–Crippen MR) is 98.0 cm³/mol. The number of likely N-dealkylation sites (tertiary alicyclic amines) is 1. The molecule has 122 valence electrons. The number of benzene rings is 2. The first kappa shape index (κ1) is 15.3. The smallest absolute Gasteiger partial charge is 0.217 e. The molecular weight excluding hydrogens is 316 g/mol. The van der Waals surface area contributed by atoms with E-state index < -0.39 is 0 Å². The lowest BCUT2D eigenvalue weighted by atomic mass is 10.1. The van der Waals surface area contributed by atoms with Crippen LogP contribution in [0.25, 0.3) is 11.4 Å². The summed E-state index contributed by atoms with van der Waals surface area (Å²) in [7, 11) is 0. The SMILES string of the molecule is S=c1nc(-c2ccccc2)[nH]n1CN1CCC[C@H]1c1ccccc1. The Labute approximate surface area is 146 Å². The van der Waals surface area contributed by atoms with Gasteiger partial charge >= 0.3 is 0 Å². The van der Waals surface area contributed by atoms with Gasteiger partial charge in [-0.1, -0.05) is 60.7 Å². The summed E-state index contributed by atoms with van der Waals surface area (Å²) in [6, 6.07) is 21.3. The molecule has 1 aliphatic rings. The first-order valence-electron chi connectivity index (χ1n) is 8.32. The topological polar surface area (TPSA) is 36.9 Å². The van der Waals surface area contributed by atoms with Crippen molar-refractivity contribution in [3.8, 4) is 11.4 Å². The monoisotopic (exact) mass is 336 g/mol. The molecule has 3 aromatic rings. The molecule has 2 heterocycles. The van der Waals surface area contributed by atoms with Crippen molar-refractivity contribution in [3.63, 3.8) is 0 Å². The molecule has 1 aliphatic heterocycles. The van der Waals surface area contributed by atoms with Crippen molar-refractivity contribution < 1.29 is 0 Å². The average molecular weight is 336 g/mol. The minimum atomic E-state index is 0.455. The Hall–Kier alpha value is -2.24. The van der Waals surface area contributed by atoms with E-state index in [0.29, 0.717) is 10.8 Å². The standard InChI is InChI=1S/C19H20N4S/c24-19-20-18(16-10-5-2-6-11-16)21-23(19)14-22-13-7-12-17(22)15-8-3-1-4-9-15/h1-6,8-11,17H,7,12-14H2,(H,20,21,24)/t17-/m0/s1. The molecule has 0 bridgehead atoms. The Morgan fingerprint density at radius 3 is 2.50 bits per heavy atom. The summed E-state index contributed by atoms with van der Waals surface area (Å²) in [6.07, 6.45) is 2.41. The summed E-state index contributed by atoms with van der Waals surface area (Å²) in [4.78, 5) is 6.99. The molecule has 0 unspecified atom stereocenters. The zero-order valence-electron chi connectivity index (χ0n) is 13.4. The number of H-pyrrole nitrogens is 1. The first-order valence-corrected chi connectivity index (χ1v) is 8.73. The molecule has 0 saturated carbocycles. The van der Waals surface area contributed by atoms with Crippen LogP contribution < -0.4 is 0 Å². The van der Waals surface area contributed by atoms with Gasteiger partial charge in [0.2, 0.25) is 4.77 Å². The van der Waals surface area contributed by atoms with Crippen LogP contribution in [0.4, 0.5) is 0 Å². The Kier molecular flexibility index (Phi) is 4.28. The van der Waals surface area contributed by atoms with E-state index in [1.54, 1.807) is 0 Å². The van der Waals surface area contributed by atoms with Gasteiger partial charge in [0.25, 0.3) is 0 Å². The number of hydrogen-bond acceptors (Lipinski definition) is 3. The summed E-state index contributed by atoms with van der Waals surface area (Å²) in [5, 5.41) is 3.36. The van der Waals surface area contributed by atoms with Crippen molar-refractivity contribution in [2.24, 2.45) is 0 Å². The van der Waals surface area contributed by atoms with Crippen LogP contribution in [0.15, 0.2) is 60.7 Å². The highest BCUT2D eigenvalue weighted by Crippen LogP contribution is 2.32. The van der Waals surface area contributed by atoms with Gasteiger partial charge in [0.1, 0.15) is 0 Å². The van der Waals surface area contributed by atoms with Crippen LogP contribution in [0.3, 0.4) is 0 Å². The van der Waals surface area contributed by atoms with Crippen LogP contribution in [-0.4, -0.2) is 26.2 Å². The molecule has 0 radical (unpaired) electrons. The third-order valence-corrected chi connectivity index (χ3v) is 4.91. The van der Waals surface area contributed by atoms with Gasteiger partial charge in [-0.15, -0.1) is 0 Å². The molecule has 24 heavy (non-hydrogen) atoms. The van der Waals surface area contributed by atoms with Gasteiger partial charge in [-0.3, -0.25) is 10.00 Å². The van der Waals surface area contributed by atoms with Crippen LogP contribution in [0.1, 0.15) is 24.4 Å². The second-order valence-electron chi connectivity index (χ2n) is 6.17. The van der Waals surface area contributed by atoms with E-state index in [1.165, 1.54) is 18.4 Å². The Bertz CT molecular complexity index is 854. The highest BCUT2D eigenvalue weighted by molar-refractivity contribution is 7.71. The van der Waals surface area contributed by atoms with E-state index in [9.17, 15) is 0 Å². The molecular formula is C19H20N4S. The summed E-state index contributed by atoms with van der Waals surface area (Å²) in [6.45, 7) is 1.83. The lowest BCUT2D eigenvalue weighted by Gasteiger charge is -2.24. The molecule has 0 amide bonds. The predicted octanol–water partition coefficient (Wildman–Crippen LogP) is 4.40. The Balaban J connectivity index is 1.57. The van der Waals surface area contributed by atoms with E-state index >= 15 is 0 Å². The van der Waals surface area contributed by atoms with E-state index in [2.05, 4.69) is 45.3 Å². The Morgan fingerprint density at radius 2 is 1.75 bits per heavy atom. The van der Waals surface area contributed by atoms with Crippen molar-refractivity contribution >= 4 is 12.2 Å². The molecule has 1 fully saturated rings. The molecule has 1 aromatic heterocycles. The number of aromatic nitrogens is 3. The Morgan fingerprint density at radius 1 is 1.04 bits per heavy atom. The normalized spacial score (nSPS) is 18.1. The summed E-state index contributed by atoms with van der Waals surface area (Å²) in [5.41, 5.74) is 2.44. The van der Waals surface area contributed by atoms with Gasteiger partial charge in [-0.05, 0) is 30.6 Å². The lowest BCUT2D eigenvalue weighted by Crippen LogP contribution is -2.26. The van der Waals surface area contributed by atoms with Gasteiger partial charge in [0, 0.05) is 18.2 Å². The van der Waals surface area contributed by atoms with E-state index in [4.69, 9.17) is 12.2 Å². The number of nitrogens with zero attached hydrogens (tertiary/aromatic N) is 3. The molecule has 1 atom stereocenters. The van der Waals surface area contributed by atoms with Crippen LogP contribution >= 0.6 is 12.2 Å². The largest absolute Gasteiger partial charge is 0.278 e. The van der Waals surface area contributed by atoms with Gasteiger partial charge in [0.05, 0.1) is 6.67 Å². The molecule has 0 aliphatic carbocycles. The van der Waals surface area contributed by atoms with Crippen molar-refractivity contribution in [2.75, 3.05) is 6.54 Å². The van der Waals surface area contributed by atoms with Gasteiger partial charge < -0.3 is 0 Å². The zero-order chi connectivity index (χ0) is 16.4. The number of nitrogens with one attached hydrogen (secondary N) is 1. The van der Waals surface area contributed by atoms with Gasteiger partial charge in [-0.25, -0.2) is 4.68 Å². The molecule has 0 spiro atoms. The number of aromatic amines is 1. The van der Waals surface area contributed by atoms with Crippen molar-refractivity contribution in [2.45, 2.75) is 25.6 Å². The fourth-order valence-corrected chi connectivity index (χ4v) is 3.60. The van der Waals surface area contributed by atoms with Crippen LogP contribution in [0.5, 0.6) is 0 Å². The van der Waals surface area contributed by atoms with Gasteiger partial charge in [0.15, 0.2) is 5.82 Å². The van der Waals surface area contributed by atoms with E-state index in [1.807, 2.05) is 35.0 Å². The minimum Gasteiger partial charge on any atom is -0.278 e. The molecule has 1 N–H and O–H groups in total. The average Bonchev–Trinajstić information content (AvgIpc) is 3.24. The number of hydrogen-bond donors (Lipinski definition) is 1. The van der Waals surface area contributed by atoms with E-state index in [-0.39, 0.29) is 0 Å². The second kappa shape index (κ2) is 6.71. The fourth-order valence-electron chi connectivity index (χ4n) is 3.41. The van der Waals surface area contributed by atoms with E-state index in [0.717, 1.165) is 24.6 Å². The van der Waals surface area contributed by atoms with Crippen LogP contribution in [-0.2, 0) is 6.67 Å². The first-order chi connectivity index (χ1) is 11.8. The molecule has 2 aromatic carbocycles. The van der Waals surface area contributed by atoms with Crippen molar-refractivity contribution in [3.05, 3.63) is 71.0 Å². The molecule has 1 saturated heterocycles. The third-order valence-electron chi connectivity index (χ3n) is 4.60. The highest BCUT2D eigenvalue weighted by Gasteiger charge is 2.26. The number of rotatable bonds is 4. The fraction of sp³-hybridized carbons (Fsp3) is 0.263. The second-order valence-corrected chi connectivity index (χ2v) is 6.54. The quantitative estimate of drug-likeness (QED) is 0.717. The maximum atomic E-state index is 5.46. The van der Waals surface area contributed by atoms with Crippen molar-refractivity contribution in [1.29, 1.82) is 0 Å². The highest BCUT2D eigenvalue weighted by atomic mass is 32.1. The van der Waals surface area contributed by atoms with Crippen molar-refractivity contribution in [1.82, 2.24) is 19.7 Å². The summed E-state index contributed by atoms with van der Waals surface area (Å²) >= 11 is 5.46. The maximum absolute atomic E-state index is 5.46. The summed E-state index contributed by atoms with van der Waals surface area (Å²) < 4.78 is 2.58. The lowest BCUT2D eigenvalue weighted by molar-refractivity contribution is 0.190. The zero-order valence-corrected chi connectivity index (χ0v) is 14.2. The van der Waals surface area contributed by atoms with Gasteiger partial charge in [-0.2, -0.15) is 4.98 Å². The maximum Gasteiger partial charge on any atom is 0.217 e. The minimum absolute atomic E-state index is 0.455. The summed E-state index contributed by atoms with van der Waals surface area (Å²) in [5.74, 6) is 0.830.